The Morgan fingerprint density at radius 3 is 2.05 bits per heavy atom. The zero-order valence-corrected chi connectivity index (χ0v) is 20.4. The highest BCUT2D eigenvalue weighted by Gasteiger charge is 2.26. The van der Waals surface area contributed by atoms with E-state index in [2.05, 4.69) is 35.9 Å². The number of aromatic nitrogens is 2. The fourth-order valence-electron chi connectivity index (χ4n) is 3.08. The molecule has 0 saturated carbocycles. The van der Waals surface area contributed by atoms with E-state index in [-0.39, 0.29) is 44.3 Å². The quantitative estimate of drug-likeness (QED) is 0.0526. The predicted octanol–water partition coefficient (Wildman–Crippen LogP) is -4.44. The second-order valence-electron chi connectivity index (χ2n) is 8.02. The molecule has 3 unspecified atom stereocenters. The van der Waals surface area contributed by atoms with Gasteiger partial charge in [-0.05, 0) is 25.7 Å². The number of hydrogen-bond donors (Lipinski definition) is 10. The zero-order valence-electron chi connectivity index (χ0n) is 20.4. The van der Waals surface area contributed by atoms with E-state index >= 15 is 0 Å². The molecule has 3 amide bonds. The smallest absolute Gasteiger partial charge is 0.326 e. The van der Waals surface area contributed by atoms with E-state index in [4.69, 9.17) is 28.7 Å². The van der Waals surface area contributed by atoms with Crippen molar-refractivity contribution in [2.45, 2.75) is 50.2 Å². The summed E-state index contributed by atoms with van der Waals surface area (Å²) >= 11 is 0. The Bertz CT molecular complexity index is 942. The molecule has 0 aliphatic heterocycles. The summed E-state index contributed by atoms with van der Waals surface area (Å²) in [6.45, 7) is -0.0843. The van der Waals surface area contributed by atoms with Crippen molar-refractivity contribution in [3.05, 3.63) is 18.2 Å². The molecule has 0 aliphatic rings. The van der Waals surface area contributed by atoms with Gasteiger partial charge in [-0.15, -0.1) is 0 Å². The number of rotatable bonds is 17. The highest BCUT2D eigenvalue weighted by Crippen LogP contribution is 2.04. The molecule has 37 heavy (non-hydrogen) atoms. The number of carbonyl (C=O) groups is 4. The van der Waals surface area contributed by atoms with Crippen molar-refractivity contribution in [2.24, 2.45) is 38.7 Å². The van der Waals surface area contributed by atoms with Crippen molar-refractivity contribution in [1.82, 2.24) is 25.9 Å². The third-order valence-electron chi connectivity index (χ3n) is 4.91. The minimum Gasteiger partial charge on any atom is -0.480 e. The van der Waals surface area contributed by atoms with Gasteiger partial charge in [0, 0.05) is 31.4 Å². The number of aromatic amines is 1. The Morgan fingerprint density at radius 1 is 0.946 bits per heavy atom. The molecule has 0 aliphatic carbocycles. The molecule has 206 valence electrons. The highest BCUT2D eigenvalue weighted by molar-refractivity contribution is 5.92. The average Bonchev–Trinajstić information content (AvgIpc) is 3.33. The van der Waals surface area contributed by atoms with Crippen LogP contribution in [0.4, 0.5) is 0 Å². The summed E-state index contributed by atoms with van der Waals surface area (Å²) in [5, 5.41) is 16.8. The third-order valence-corrected chi connectivity index (χ3v) is 4.91. The van der Waals surface area contributed by atoms with E-state index in [1.807, 2.05) is 0 Å². The molecule has 0 bridgehead atoms. The number of imidazole rings is 1. The first-order valence-corrected chi connectivity index (χ1v) is 11.4. The maximum atomic E-state index is 12.8. The fraction of sp³-hybridized carbons (Fsp3) is 0.550. The van der Waals surface area contributed by atoms with Crippen LogP contribution < -0.4 is 44.6 Å². The van der Waals surface area contributed by atoms with Crippen molar-refractivity contribution in [1.29, 1.82) is 0 Å². The number of H-pyrrole nitrogens is 1. The van der Waals surface area contributed by atoms with E-state index in [0.29, 0.717) is 18.5 Å². The molecule has 1 aromatic rings. The molecule has 1 heterocycles. The average molecular weight is 525 g/mol. The van der Waals surface area contributed by atoms with Crippen LogP contribution in [0.25, 0.3) is 0 Å². The minimum absolute atomic E-state index is 0.0524. The number of aliphatic carboxylic acids is 1. The Kier molecular flexibility index (Phi) is 13.5. The van der Waals surface area contributed by atoms with Crippen molar-refractivity contribution in [3.8, 4) is 0 Å². The summed E-state index contributed by atoms with van der Waals surface area (Å²) < 4.78 is 0. The van der Waals surface area contributed by atoms with E-state index in [9.17, 15) is 24.3 Å². The van der Waals surface area contributed by atoms with Crippen LogP contribution in [-0.4, -0.2) is 88.4 Å². The topological polar surface area (TPSA) is 308 Å². The van der Waals surface area contributed by atoms with E-state index in [1.165, 1.54) is 12.5 Å². The number of nitrogens with one attached hydrogen (secondary N) is 4. The van der Waals surface area contributed by atoms with E-state index < -0.39 is 48.4 Å². The lowest BCUT2D eigenvalue weighted by atomic mass is 10.1. The van der Waals surface area contributed by atoms with Gasteiger partial charge in [0.2, 0.25) is 17.7 Å². The molecule has 3 atom stereocenters. The Hall–Kier alpha value is -4.41. The Morgan fingerprint density at radius 2 is 1.54 bits per heavy atom. The molecule has 0 radical (unpaired) electrons. The molecule has 0 fully saturated rings. The highest BCUT2D eigenvalue weighted by atomic mass is 16.4. The normalized spacial score (nSPS) is 12.9. The largest absolute Gasteiger partial charge is 0.480 e. The molecule has 0 spiro atoms. The number of aliphatic imine (C=N–C) groups is 2. The van der Waals surface area contributed by atoms with Gasteiger partial charge in [-0.25, -0.2) is 9.78 Å². The van der Waals surface area contributed by atoms with Gasteiger partial charge in [-0.2, -0.15) is 0 Å². The van der Waals surface area contributed by atoms with Crippen LogP contribution >= 0.6 is 0 Å². The molecular weight excluding hydrogens is 488 g/mol. The number of nitrogens with two attached hydrogens (primary N) is 5. The zero-order chi connectivity index (χ0) is 27.8. The van der Waals surface area contributed by atoms with Crippen molar-refractivity contribution >= 4 is 35.6 Å². The number of hydrogen-bond acceptors (Lipinski definition) is 8. The molecular formula is C20H36N12O5. The molecule has 15 N–H and O–H groups in total. The molecule has 1 rings (SSSR count). The van der Waals surface area contributed by atoms with Gasteiger partial charge in [0.05, 0.1) is 18.9 Å². The van der Waals surface area contributed by atoms with Crippen LogP contribution in [0.2, 0.25) is 0 Å². The van der Waals surface area contributed by atoms with Crippen molar-refractivity contribution in [3.63, 3.8) is 0 Å². The number of amides is 3. The Balaban J connectivity index is 2.71. The summed E-state index contributed by atoms with van der Waals surface area (Å²) in [6, 6.07) is -3.28. The maximum absolute atomic E-state index is 12.8. The number of carboxylic acids is 1. The second kappa shape index (κ2) is 16.3. The molecule has 0 saturated heterocycles. The molecule has 17 nitrogen and oxygen atoms in total. The van der Waals surface area contributed by atoms with Gasteiger partial charge < -0.3 is 54.7 Å². The van der Waals surface area contributed by atoms with Crippen LogP contribution in [0.5, 0.6) is 0 Å². The Labute approximate surface area is 213 Å². The lowest BCUT2D eigenvalue weighted by molar-refractivity contribution is -0.142. The van der Waals surface area contributed by atoms with Crippen LogP contribution in [-0.2, 0) is 25.6 Å². The minimum atomic E-state index is -1.26. The number of guanidine groups is 2. The third kappa shape index (κ3) is 13.3. The van der Waals surface area contributed by atoms with Gasteiger partial charge >= 0.3 is 5.97 Å². The standard InChI is InChI=1S/C20H36N12O5/c21-12(7-11-8-26-10-30-11)16(34)29-9-15(33)31-13(3-1-5-27-19(22)23)17(35)32-14(18(36)37)4-2-6-28-20(24)25/h8,10,12-14H,1-7,9,21H2,(H,26,30)(H,29,34)(H,31,33)(H,32,35)(H,36,37)(H4,22,23,27)(H4,24,25,28). The lowest BCUT2D eigenvalue weighted by Gasteiger charge is -2.21. The van der Waals surface area contributed by atoms with Gasteiger partial charge in [0.25, 0.3) is 0 Å². The predicted molar refractivity (Wildman–Crippen MR) is 135 cm³/mol. The number of nitrogens with zero attached hydrogens (tertiary/aromatic N) is 3. The van der Waals surface area contributed by atoms with Crippen molar-refractivity contribution < 1.29 is 24.3 Å². The maximum Gasteiger partial charge on any atom is 0.326 e. The van der Waals surface area contributed by atoms with Crippen LogP contribution in [0, 0.1) is 0 Å². The van der Waals surface area contributed by atoms with Crippen molar-refractivity contribution in [2.75, 3.05) is 19.6 Å². The second-order valence-corrected chi connectivity index (χ2v) is 8.02. The fourth-order valence-corrected chi connectivity index (χ4v) is 3.08. The van der Waals surface area contributed by atoms with E-state index in [1.54, 1.807) is 0 Å². The SMILES string of the molecule is NC(N)=NCCCC(NC(=O)C(CCCN=C(N)N)NC(=O)CNC(=O)C(N)Cc1cnc[nH]1)C(=O)O. The first-order valence-electron chi connectivity index (χ1n) is 11.4. The summed E-state index contributed by atoms with van der Waals surface area (Å²) in [5.74, 6) is -3.51. The monoisotopic (exact) mass is 524 g/mol. The summed E-state index contributed by atoms with van der Waals surface area (Å²) in [6.07, 6.45) is 3.91. The van der Waals surface area contributed by atoms with Crippen LogP contribution in [0.3, 0.4) is 0 Å². The summed E-state index contributed by atoms with van der Waals surface area (Å²) in [7, 11) is 0. The van der Waals surface area contributed by atoms with Gasteiger partial charge in [0.15, 0.2) is 11.9 Å². The lowest BCUT2D eigenvalue weighted by Crippen LogP contribution is -2.53. The molecule has 17 heteroatoms. The van der Waals surface area contributed by atoms with Crippen LogP contribution in [0.1, 0.15) is 31.4 Å². The first kappa shape index (κ1) is 30.6. The molecule has 1 aromatic heterocycles. The molecule has 0 aromatic carbocycles. The van der Waals surface area contributed by atoms with Crippen LogP contribution in [0.15, 0.2) is 22.5 Å². The first-order chi connectivity index (χ1) is 17.5. The van der Waals surface area contributed by atoms with Gasteiger partial charge in [-0.3, -0.25) is 24.4 Å². The van der Waals surface area contributed by atoms with Gasteiger partial charge in [-0.1, -0.05) is 0 Å². The number of carboxylic acid groups (broad SMARTS) is 1. The van der Waals surface area contributed by atoms with E-state index in [0.717, 1.165) is 0 Å². The van der Waals surface area contributed by atoms with Gasteiger partial charge in [0.1, 0.15) is 12.1 Å². The summed E-state index contributed by atoms with van der Waals surface area (Å²) in [5.41, 5.74) is 27.6. The summed E-state index contributed by atoms with van der Waals surface area (Å²) in [4.78, 5) is 63.3. The number of carbonyl (C=O) groups excluding carboxylic acids is 3.